The summed E-state index contributed by atoms with van der Waals surface area (Å²) in [6, 6.07) is 10.3. The molecular weight excluding hydrogens is 224 g/mol. The molecule has 1 atom stereocenters. The van der Waals surface area contributed by atoms with Gasteiger partial charge in [-0.15, -0.1) is 0 Å². The number of ether oxygens (including phenoxy) is 1. The number of nitrogens with one attached hydrogen (secondary N) is 1. The van der Waals surface area contributed by atoms with Crippen molar-refractivity contribution < 1.29 is 4.74 Å². The van der Waals surface area contributed by atoms with E-state index in [1.165, 1.54) is 5.56 Å². The molecular formula is C15H20N2O. The summed E-state index contributed by atoms with van der Waals surface area (Å²) in [4.78, 5) is 0. The number of benzene rings is 1. The van der Waals surface area contributed by atoms with Gasteiger partial charge in [-0.3, -0.25) is 0 Å². The summed E-state index contributed by atoms with van der Waals surface area (Å²) in [5.41, 5.74) is 1.96. The van der Waals surface area contributed by atoms with Crippen LogP contribution in [0.4, 0.5) is 0 Å². The van der Waals surface area contributed by atoms with Crippen molar-refractivity contribution in [1.29, 1.82) is 5.26 Å². The normalized spacial score (nSPS) is 18.2. The number of nitriles is 1. The smallest absolute Gasteiger partial charge is 0.0991 e. The Bertz CT molecular complexity index is 401. The first-order chi connectivity index (χ1) is 8.79. The predicted molar refractivity (Wildman–Crippen MR) is 71.1 cm³/mol. The summed E-state index contributed by atoms with van der Waals surface area (Å²) in [5, 5.41) is 12.3. The third-order valence-electron chi connectivity index (χ3n) is 3.59. The van der Waals surface area contributed by atoms with Gasteiger partial charge in [0.2, 0.25) is 0 Å². The predicted octanol–water partition coefficient (Wildman–Crippen LogP) is 2.64. The minimum atomic E-state index is 0.334. The van der Waals surface area contributed by atoms with Crippen LogP contribution in [0.5, 0.6) is 0 Å². The highest BCUT2D eigenvalue weighted by atomic mass is 16.5. The molecule has 3 nitrogen and oxygen atoms in total. The Morgan fingerprint density at radius 2 is 2.00 bits per heavy atom. The molecule has 1 saturated heterocycles. The molecule has 1 aromatic carbocycles. The molecule has 2 rings (SSSR count). The van der Waals surface area contributed by atoms with E-state index in [0.717, 1.165) is 44.1 Å². The largest absolute Gasteiger partial charge is 0.381 e. The SMILES string of the molecule is CC(NCC1CCOCC1)c1ccc(C#N)cc1. The molecule has 1 unspecified atom stereocenters. The molecule has 0 aliphatic carbocycles. The molecule has 1 N–H and O–H groups in total. The molecule has 0 saturated carbocycles. The van der Waals surface area contributed by atoms with Gasteiger partial charge in [-0.2, -0.15) is 5.26 Å². The third kappa shape index (κ3) is 3.56. The quantitative estimate of drug-likeness (QED) is 0.885. The lowest BCUT2D eigenvalue weighted by atomic mass is 9.99. The second kappa shape index (κ2) is 6.53. The van der Waals surface area contributed by atoms with Gasteiger partial charge >= 0.3 is 0 Å². The second-order valence-electron chi connectivity index (χ2n) is 4.92. The minimum absolute atomic E-state index is 0.334. The van der Waals surface area contributed by atoms with E-state index in [2.05, 4.69) is 18.3 Å². The highest BCUT2D eigenvalue weighted by Gasteiger charge is 2.14. The van der Waals surface area contributed by atoms with Crippen molar-refractivity contribution >= 4 is 0 Å². The fraction of sp³-hybridized carbons (Fsp3) is 0.533. The van der Waals surface area contributed by atoms with Crippen molar-refractivity contribution in [2.24, 2.45) is 5.92 Å². The van der Waals surface area contributed by atoms with Crippen LogP contribution in [0.25, 0.3) is 0 Å². The zero-order chi connectivity index (χ0) is 12.8. The van der Waals surface area contributed by atoms with Crippen LogP contribution < -0.4 is 5.32 Å². The Balaban J connectivity index is 1.83. The fourth-order valence-corrected chi connectivity index (χ4v) is 2.26. The Morgan fingerprint density at radius 3 is 2.61 bits per heavy atom. The summed E-state index contributed by atoms with van der Waals surface area (Å²) >= 11 is 0. The molecule has 18 heavy (non-hydrogen) atoms. The molecule has 0 spiro atoms. The average Bonchev–Trinajstić information content (AvgIpc) is 2.46. The second-order valence-corrected chi connectivity index (χ2v) is 4.92. The lowest BCUT2D eigenvalue weighted by Gasteiger charge is -2.24. The monoisotopic (exact) mass is 244 g/mol. The van der Waals surface area contributed by atoms with E-state index in [4.69, 9.17) is 10.00 Å². The van der Waals surface area contributed by atoms with E-state index in [-0.39, 0.29) is 0 Å². The maximum Gasteiger partial charge on any atom is 0.0991 e. The third-order valence-corrected chi connectivity index (χ3v) is 3.59. The number of hydrogen-bond donors (Lipinski definition) is 1. The van der Waals surface area contributed by atoms with Crippen LogP contribution in [0.3, 0.4) is 0 Å². The molecule has 1 aliphatic rings. The van der Waals surface area contributed by atoms with Crippen LogP contribution in [0, 0.1) is 17.2 Å². The maximum absolute atomic E-state index is 8.76. The number of hydrogen-bond acceptors (Lipinski definition) is 3. The fourth-order valence-electron chi connectivity index (χ4n) is 2.26. The molecule has 1 aromatic rings. The molecule has 0 amide bonds. The standard InChI is InChI=1S/C15H20N2O/c1-12(15-4-2-13(10-16)3-5-15)17-11-14-6-8-18-9-7-14/h2-5,12,14,17H,6-9,11H2,1H3. The van der Waals surface area contributed by atoms with E-state index in [0.29, 0.717) is 6.04 Å². The summed E-state index contributed by atoms with van der Waals surface area (Å²) in [7, 11) is 0. The topological polar surface area (TPSA) is 45.0 Å². The van der Waals surface area contributed by atoms with Crippen molar-refractivity contribution in [2.75, 3.05) is 19.8 Å². The lowest BCUT2D eigenvalue weighted by molar-refractivity contribution is 0.0656. The van der Waals surface area contributed by atoms with Crippen molar-refractivity contribution in [2.45, 2.75) is 25.8 Å². The van der Waals surface area contributed by atoms with Crippen molar-refractivity contribution in [3.63, 3.8) is 0 Å². The Labute approximate surface area is 109 Å². The molecule has 0 radical (unpaired) electrons. The molecule has 0 bridgehead atoms. The van der Waals surface area contributed by atoms with E-state index < -0.39 is 0 Å². The first kappa shape index (κ1) is 13.1. The van der Waals surface area contributed by atoms with Gasteiger partial charge < -0.3 is 10.1 Å². The summed E-state index contributed by atoms with van der Waals surface area (Å²) in [6.45, 7) is 5.01. The highest BCUT2D eigenvalue weighted by molar-refractivity contribution is 5.32. The summed E-state index contributed by atoms with van der Waals surface area (Å²) in [6.07, 6.45) is 2.32. The van der Waals surface area contributed by atoms with Crippen LogP contribution in [0.15, 0.2) is 24.3 Å². The van der Waals surface area contributed by atoms with E-state index in [9.17, 15) is 0 Å². The van der Waals surface area contributed by atoms with E-state index in [1.54, 1.807) is 0 Å². The van der Waals surface area contributed by atoms with Gasteiger partial charge in [0.25, 0.3) is 0 Å². The summed E-state index contributed by atoms with van der Waals surface area (Å²) in [5.74, 6) is 0.736. The van der Waals surface area contributed by atoms with Gasteiger partial charge in [-0.1, -0.05) is 12.1 Å². The first-order valence-electron chi connectivity index (χ1n) is 6.61. The van der Waals surface area contributed by atoms with Gasteiger partial charge in [0.15, 0.2) is 0 Å². The zero-order valence-corrected chi connectivity index (χ0v) is 10.9. The van der Waals surface area contributed by atoms with Gasteiger partial charge in [0, 0.05) is 19.3 Å². The van der Waals surface area contributed by atoms with Crippen LogP contribution in [0.2, 0.25) is 0 Å². The van der Waals surface area contributed by atoms with Gasteiger partial charge in [0.05, 0.1) is 11.6 Å². The maximum atomic E-state index is 8.76. The molecule has 1 fully saturated rings. The van der Waals surface area contributed by atoms with E-state index in [1.807, 2.05) is 24.3 Å². The molecule has 0 aromatic heterocycles. The zero-order valence-electron chi connectivity index (χ0n) is 10.9. The Morgan fingerprint density at radius 1 is 1.33 bits per heavy atom. The highest BCUT2D eigenvalue weighted by Crippen LogP contribution is 2.17. The molecule has 3 heteroatoms. The molecule has 1 heterocycles. The van der Waals surface area contributed by atoms with Gasteiger partial charge in [0.1, 0.15) is 0 Å². The van der Waals surface area contributed by atoms with Crippen molar-refractivity contribution in [3.8, 4) is 6.07 Å². The Hall–Kier alpha value is -1.37. The van der Waals surface area contributed by atoms with Crippen LogP contribution in [0.1, 0.15) is 36.9 Å². The lowest BCUT2D eigenvalue weighted by Crippen LogP contribution is -2.29. The van der Waals surface area contributed by atoms with Crippen LogP contribution >= 0.6 is 0 Å². The van der Waals surface area contributed by atoms with Crippen LogP contribution in [-0.4, -0.2) is 19.8 Å². The molecule has 1 aliphatic heterocycles. The number of rotatable bonds is 4. The van der Waals surface area contributed by atoms with Gasteiger partial charge in [-0.05, 0) is 49.9 Å². The minimum Gasteiger partial charge on any atom is -0.381 e. The first-order valence-corrected chi connectivity index (χ1v) is 6.61. The van der Waals surface area contributed by atoms with E-state index >= 15 is 0 Å². The Kier molecular flexibility index (Phi) is 4.74. The van der Waals surface area contributed by atoms with Crippen molar-refractivity contribution in [1.82, 2.24) is 5.32 Å². The van der Waals surface area contributed by atoms with Gasteiger partial charge in [-0.25, -0.2) is 0 Å². The average molecular weight is 244 g/mol. The van der Waals surface area contributed by atoms with Crippen LogP contribution in [-0.2, 0) is 4.74 Å². The summed E-state index contributed by atoms with van der Waals surface area (Å²) < 4.78 is 5.36. The van der Waals surface area contributed by atoms with Crippen molar-refractivity contribution in [3.05, 3.63) is 35.4 Å². The number of nitrogens with zero attached hydrogens (tertiary/aromatic N) is 1. The molecule has 96 valence electrons.